The molecule has 14 heavy (non-hydrogen) atoms. The summed E-state index contributed by atoms with van der Waals surface area (Å²) in [7, 11) is 0. The third-order valence-corrected chi connectivity index (χ3v) is 3.59. The second-order valence-electron chi connectivity index (χ2n) is 4.78. The van der Waals surface area contributed by atoms with Gasteiger partial charge in [-0.3, -0.25) is 0 Å². The largest absolute Gasteiger partial charge is 0.377 e. The maximum atomic E-state index is 5.55. The fourth-order valence-corrected chi connectivity index (χ4v) is 2.37. The molecule has 1 aliphatic heterocycles. The monoisotopic (exact) mass is 197 g/mol. The Bertz CT molecular complexity index is 150. The SMILES string of the molecule is C(CNCC1CCCO1)CC1CCC1. The normalized spacial score (nSPS) is 27.9. The first-order chi connectivity index (χ1) is 6.95. The van der Waals surface area contributed by atoms with Crippen molar-refractivity contribution in [3.63, 3.8) is 0 Å². The van der Waals surface area contributed by atoms with Gasteiger partial charge < -0.3 is 10.1 Å². The summed E-state index contributed by atoms with van der Waals surface area (Å²) in [5.74, 6) is 1.07. The van der Waals surface area contributed by atoms with Gasteiger partial charge in [-0.1, -0.05) is 19.3 Å². The lowest BCUT2D eigenvalue weighted by Crippen LogP contribution is -2.27. The Morgan fingerprint density at radius 2 is 2.07 bits per heavy atom. The Hall–Kier alpha value is -0.0800. The zero-order valence-corrected chi connectivity index (χ0v) is 9.13. The maximum Gasteiger partial charge on any atom is 0.0700 e. The van der Waals surface area contributed by atoms with Gasteiger partial charge in [-0.2, -0.15) is 0 Å². The highest BCUT2D eigenvalue weighted by molar-refractivity contribution is 4.71. The topological polar surface area (TPSA) is 21.3 Å². The van der Waals surface area contributed by atoms with Gasteiger partial charge in [0.25, 0.3) is 0 Å². The Morgan fingerprint density at radius 1 is 1.14 bits per heavy atom. The molecular weight excluding hydrogens is 174 g/mol. The van der Waals surface area contributed by atoms with Gasteiger partial charge in [-0.15, -0.1) is 0 Å². The van der Waals surface area contributed by atoms with E-state index >= 15 is 0 Å². The number of ether oxygens (including phenoxy) is 1. The zero-order chi connectivity index (χ0) is 9.64. The van der Waals surface area contributed by atoms with Gasteiger partial charge in [0.1, 0.15) is 0 Å². The lowest BCUT2D eigenvalue weighted by molar-refractivity contribution is 0.110. The lowest BCUT2D eigenvalue weighted by Gasteiger charge is -2.25. The van der Waals surface area contributed by atoms with Gasteiger partial charge in [0, 0.05) is 13.2 Å². The molecule has 2 heteroatoms. The first kappa shape index (κ1) is 10.4. The van der Waals surface area contributed by atoms with Crippen LogP contribution in [0.3, 0.4) is 0 Å². The van der Waals surface area contributed by atoms with E-state index in [9.17, 15) is 0 Å². The van der Waals surface area contributed by atoms with Gasteiger partial charge in [0.05, 0.1) is 6.10 Å². The van der Waals surface area contributed by atoms with Crippen LogP contribution < -0.4 is 5.32 Å². The quantitative estimate of drug-likeness (QED) is 0.660. The van der Waals surface area contributed by atoms with Gasteiger partial charge in [0.2, 0.25) is 0 Å². The summed E-state index contributed by atoms with van der Waals surface area (Å²) in [4.78, 5) is 0. The summed E-state index contributed by atoms with van der Waals surface area (Å²) in [5, 5.41) is 3.51. The van der Waals surface area contributed by atoms with Crippen LogP contribution in [0.15, 0.2) is 0 Å². The molecule has 1 heterocycles. The molecule has 2 aliphatic rings. The second-order valence-corrected chi connectivity index (χ2v) is 4.78. The molecule has 1 saturated carbocycles. The smallest absolute Gasteiger partial charge is 0.0700 e. The number of rotatable bonds is 6. The van der Waals surface area contributed by atoms with Crippen LogP contribution in [0.5, 0.6) is 0 Å². The van der Waals surface area contributed by atoms with Crippen molar-refractivity contribution in [2.45, 2.75) is 51.0 Å². The summed E-state index contributed by atoms with van der Waals surface area (Å²) < 4.78 is 5.55. The predicted molar refractivity (Wildman–Crippen MR) is 58.4 cm³/mol. The highest BCUT2D eigenvalue weighted by Crippen LogP contribution is 2.30. The molecule has 2 nitrogen and oxygen atoms in total. The molecule has 0 spiro atoms. The van der Waals surface area contributed by atoms with Gasteiger partial charge in [-0.25, -0.2) is 0 Å². The molecule has 1 saturated heterocycles. The van der Waals surface area contributed by atoms with E-state index < -0.39 is 0 Å². The molecule has 82 valence electrons. The number of nitrogens with one attached hydrogen (secondary N) is 1. The van der Waals surface area contributed by atoms with E-state index in [-0.39, 0.29) is 0 Å². The average Bonchev–Trinajstić information content (AvgIpc) is 2.60. The summed E-state index contributed by atoms with van der Waals surface area (Å²) in [6.45, 7) is 3.25. The van der Waals surface area contributed by atoms with Crippen molar-refractivity contribution in [1.29, 1.82) is 0 Å². The molecule has 0 radical (unpaired) electrons. The van der Waals surface area contributed by atoms with E-state index in [0.717, 1.165) is 19.1 Å². The summed E-state index contributed by atoms with van der Waals surface area (Å²) in [6.07, 6.45) is 10.3. The molecule has 0 bridgehead atoms. The maximum absolute atomic E-state index is 5.55. The molecule has 2 rings (SSSR count). The Morgan fingerprint density at radius 3 is 2.71 bits per heavy atom. The Balaban J connectivity index is 1.39. The van der Waals surface area contributed by atoms with Crippen molar-refractivity contribution in [1.82, 2.24) is 5.32 Å². The summed E-state index contributed by atoms with van der Waals surface area (Å²) in [6, 6.07) is 0. The van der Waals surface area contributed by atoms with Crippen LogP contribution in [0.4, 0.5) is 0 Å². The van der Waals surface area contributed by atoms with Crippen LogP contribution >= 0.6 is 0 Å². The standard InChI is InChI=1S/C12H23NO/c1-4-11(5-1)6-2-8-13-10-12-7-3-9-14-12/h11-13H,1-10H2. The highest BCUT2D eigenvalue weighted by Gasteiger charge is 2.17. The van der Waals surface area contributed by atoms with E-state index in [1.807, 2.05) is 0 Å². The molecule has 0 aromatic carbocycles. The van der Waals surface area contributed by atoms with Crippen LogP contribution in [-0.4, -0.2) is 25.8 Å². The molecule has 1 N–H and O–H groups in total. The predicted octanol–water partition coefficient (Wildman–Crippen LogP) is 2.34. The van der Waals surface area contributed by atoms with Crippen LogP contribution in [0.2, 0.25) is 0 Å². The molecule has 0 amide bonds. The van der Waals surface area contributed by atoms with Gasteiger partial charge >= 0.3 is 0 Å². The molecule has 1 unspecified atom stereocenters. The van der Waals surface area contributed by atoms with Gasteiger partial charge in [-0.05, 0) is 38.1 Å². The minimum Gasteiger partial charge on any atom is -0.377 e. The number of hydrogen-bond acceptors (Lipinski definition) is 2. The van der Waals surface area contributed by atoms with Gasteiger partial charge in [0.15, 0.2) is 0 Å². The fourth-order valence-electron chi connectivity index (χ4n) is 2.37. The van der Waals surface area contributed by atoms with E-state index in [0.29, 0.717) is 6.10 Å². The van der Waals surface area contributed by atoms with E-state index in [1.54, 1.807) is 0 Å². The van der Waals surface area contributed by atoms with Crippen molar-refractivity contribution >= 4 is 0 Å². The Kier molecular flexibility index (Phi) is 4.26. The summed E-state index contributed by atoms with van der Waals surface area (Å²) >= 11 is 0. The average molecular weight is 197 g/mol. The van der Waals surface area contributed by atoms with E-state index in [2.05, 4.69) is 5.32 Å². The first-order valence-electron chi connectivity index (χ1n) is 6.27. The van der Waals surface area contributed by atoms with Crippen molar-refractivity contribution in [3.8, 4) is 0 Å². The fraction of sp³-hybridized carbons (Fsp3) is 1.00. The van der Waals surface area contributed by atoms with Crippen molar-refractivity contribution in [2.24, 2.45) is 5.92 Å². The van der Waals surface area contributed by atoms with E-state index in [1.165, 1.54) is 51.5 Å². The van der Waals surface area contributed by atoms with Crippen molar-refractivity contribution < 1.29 is 4.74 Å². The van der Waals surface area contributed by atoms with Crippen LogP contribution in [0.25, 0.3) is 0 Å². The molecule has 2 fully saturated rings. The highest BCUT2D eigenvalue weighted by atomic mass is 16.5. The lowest BCUT2D eigenvalue weighted by atomic mass is 9.82. The third-order valence-electron chi connectivity index (χ3n) is 3.59. The minimum atomic E-state index is 0.513. The number of hydrogen-bond donors (Lipinski definition) is 1. The van der Waals surface area contributed by atoms with Crippen LogP contribution in [0, 0.1) is 5.92 Å². The van der Waals surface area contributed by atoms with Crippen molar-refractivity contribution in [2.75, 3.05) is 19.7 Å². The van der Waals surface area contributed by atoms with Crippen molar-refractivity contribution in [3.05, 3.63) is 0 Å². The zero-order valence-electron chi connectivity index (χ0n) is 9.13. The molecule has 0 aromatic rings. The van der Waals surface area contributed by atoms with Crippen LogP contribution in [0.1, 0.15) is 44.9 Å². The summed E-state index contributed by atoms with van der Waals surface area (Å²) in [5.41, 5.74) is 0. The van der Waals surface area contributed by atoms with Crippen LogP contribution in [-0.2, 0) is 4.74 Å². The third kappa shape index (κ3) is 3.25. The minimum absolute atomic E-state index is 0.513. The molecule has 0 aromatic heterocycles. The first-order valence-corrected chi connectivity index (χ1v) is 6.27. The van der Waals surface area contributed by atoms with E-state index in [4.69, 9.17) is 4.74 Å². The molecule has 1 aliphatic carbocycles. The second kappa shape index (κ2) is 5.72. The Labute approximate surface area is 87.4 Å². The molecule has 1 atom stereocenters. The molecular formula is C12H23NO.